The largest absolute Gasteiger partial charge is 0.395 e. The van der Waals surface area contributed by atoms with Crippen molar-refractivity contribution < 1.29 is 5.11 Å². The van der Waals surface area contributed by atoms with E-state index < -0.39 is 0 Å². The second-order valence-corrected chi connectivity index (χ2v) is 6.28. The minimum Gasteiger partial charge on any atom is -0.395 e. The number of hydrogen-bond donors (Lipinski definition) is 1. The van der Waals surface area contributed by atoms with E-state index in [-0.39, 0.29) is 6.61 Å². The van der Waals surface area contributed by atoms with Gasteiger partial charge < -0.3 is 5.11 Å². The highest BCUT2D eigenvalue weighted by atomic mass is 16.3. The van der Waals surface area contributed by atoms with Crippen LogP contribution in [0.3, 0.4) is 0 Å². The van der Waals surface area contributed by atoms with E-state index in [1.807, 2.05) is 4.68 Å². The Morgan fingerprint density at radius 2 is 1.95 bits per heavy atom. The Bertz CT molecular complexity index is 454. The SMILES string of the molecule is OC[C@@H]1CC[C@@H](c2nnnn2C2CC2)N1CC1CC1. The molecule has 0 aromatic carbocycles. The number of tetrazole rings is 1. The molecule has 1 aliphatic heterocycles. The molecule has 3 aliphatic rings. The standard InChI is InChI=1S/C13H21N5O/c19-8-11-5-6-12(17(11)7-9-1-2-9)13-14-15-16-18(13)10-3-4-10/h9-12,19H,1-8H2/t11-,12-/m0/s1. The lowest BCUT2D eigenvalue weighted by molar-refractivity contribution is 0.119. The van der Waals surface area contributed by atoms with Crippen molar-refractivity contribution in [3.8, 4) is 0 Å². The van der Waals surface area contributed by atoms with Gasteiger partial charge in [0.15, 0.2) is 5.82 Å². The summed E-state index contributed by atoms with van der Waals surface area (Å²) in [5, 5.41) is 21.9. The van der Waals surface area contributed by atoms with Crippen molar-refractivity contribution in [2.75, 3.05) is 13.2 Å². The number of rotatable bonds is 5. The molecule has 4 rings (SSSR count). The monoisotopic (exact) mass is 263 g/mol. The molecule has 1 N–H and O–H groups in total. The van der Waals surface area contributed by atoms with Gasteiger partial charge in [-0.15, -0.1) is 5.10 Å². The van der Waals surface area contributed by atoms with Crippen LogP contribution in [0.15, 0.2) is 0 Å². The Morgan fingerprint density at radius 3 is 2.63 bits per heavy atom. The number of aliphatic hydroxyl groups is 1. The summed E-state index contributed by atoms with van der Waals surface area (Å²) < 4.78 is 2.03. The molecule has 6 nitrogen and oxygen atoms in total. The summed E-state index contributed by atoms with van der Waals surface area (Å²) >= 11 is 0. The van der Waals surface area contributed by atoms with Crippen LogP contribution < -0.4 is 0 Å². The van der Waals surface area contributed by atoms with Crippen LogP contribution in [0, 0.1) is 5.92 Å². The van der Waals surface area contributed by atoms with Crippen molar-refractivity contribution in [2.24, 2.45) is 5.92 Å². The lowest BCUT2D eigenvalue weighted by Crippen LogP contribution is -2.36. The second kappa shape index (κ2) is 4.52. The summed E-state index contributed by atoms with van der Waals surface area (Å²) in [6.07, 6.45) is 7.23. The van der Waals surface area contributed by atoms with Gasteiger partial charge in [-0.05, 0) is 54.9 Å². The zero-order valence-corrected chi connectivity index (χ0v) is 11.1. The average Bonchev–Trinajstić information content (AvgIpc) is 3.33. The highest BCUT2D eigenvalue weighted by Gasteiger charge is 2.41. The third kappa shape index (κ3) is 2.17. The molecule has 2 aliphatic carbocycles. The fourth-order valence-electron chi connectivity index (χ4n) is 3.28. The topological polar surface area (TPSA) is 67.1 Å². The Labute approximate surface area is 112 Å². The Morgan fingerprint density at radius 1 is 1.11 bits per heavy atom. The predicted octanol–water partition coefficient (Wildman–Crippen LogP) is 0.916. The lowest BCUT2D eigenvalue weighted by atomic mass is 10.2. The van der Waals surface area contributed by atoms with Crippen LogP contribution >= 0.6 is 0 Å². The molecular formula is C13H21N5O. The van der Waals surface area contributed by atoms with Crippen LogP contribution in [0.5, 0.6) is 0 Å². The number of hydrogen-bond acceptors (Lipinski definition) is 5. The van der Waals surface area contributed by atoms with Crippen molar-refractivity contribution in [1.82, 2.24) is 25.1 Å². The van der Waals surface area contributed by atoms with Crippen LogP contribution in [0.2, 0.25) is 0 Å². The van der Waals surface area contributed by atoms with E-state index in [0.717, 1.165) is 31.1 Å². The van der Waals surface area contributed by atoms with E-state index in [2.05, 4.69) is 20.4 Å². The molecule has 0 radical (unpaired) electrons. The number of aromatic nitrogens is 4. The zero-order chi connectivity index (χ0) is 12.8. The number of nitrogens with zero attached hydrogens (tertiary/aromatic N) is 5. The molecule has 2 saturated carbocycles. The smallest absolute Gasteiger partial charge is 0.168 e. The molecule has 104 valence electrons. The van der Waals surface area contributed by atoms with Crippen LogP contribution in [0.1, 0.15) is 56.4 Å². The van der Waals surface area contributed by atoms with Gasteiger partial charge in [-0.2, -0.15) is 0 Å². The molecule has 2 heterocycles. The quantitative estimate of drug-likeness (QED) is 0.855. The molecule has 0 bridgehead atoms. The van der Waals surface area contributed by atoms with Gasteiger partial charge in [-0.1, -0.05) is 0 Å². The van der Waals surface area contributed by atoms with E-state index in [1.54, 1.807) is 0 Å². The van der Waals surface area contributed by atoms with Crippen LogP contribution in [0.4, 0.5) is 0 Å². The van der Waals surface area contributed by atoms with Crippen LogP contribution in [-0.4, -0.2) is 49.4 Å². The van der Waals surface area contributed by atoms with Gasteiger partial charge in [0, 0.05) is 12.6 Å². The van der Waals surface area contributed by atoms with E-state index in [1.165, 1.54) is 25.7 Å². The van der Waals surface area contributed by atoms with Crippen molar-refractivity contribution in [1.29, 1.82) is 0 Å². The van der Waals surface area contributed by atoms with E-state index in [0.29, 0.717) is 18.1 Å². The van der Waals surface area contributed by atoms with E-state index in [9.17, 15) is 5.11 Å². The first kappa shape index (κ1) is 11.8. The molecule has 19 heavy (non-hydrogen) atoms. The van der Waals surface area contributed by atoms with E-state index in [4.69, 9.17) is 0 Å². The lowest BCUT2D eigenvalue weighted by Gasteiger charge is -2.28. The maximum atomic E-state index is 9.58. The fraction of sp³-hybridized carbons (Fsp3) is 0.923. The third-order valence-corrected chi connectivity index (χ3v) is 4.73. The Balaban J connectivity index is 1.58. The van der Waals surface area contributed by atoms with E-state index >= 15 is 0 Å². The number of likely N-dealkylation sites (tertiary alicyclic amines) is 1. The van der Waals surface area contributed by atoms with Crippen molar-refractivity contribution >= 4 is 0 Å². The first-order chi connectivity index (χ1) is 9.36. The maximum Gasteiger partial charge on any atom is 0.168 e. The second-order valence-electron chi connectivity index (χ2n) is 6.28. The van der Waals surface area contributed by atoms with Gasteiger partial charge in [0.25, 0.3) is 0 Å². The van der Waals surface area contributed by atoms with Crippen LogP contribution in [0.25, 0.3) is 0 Å². The van der Waals surface area contributed by atoms with Crippen molar-refractivity contribution in [3.63, 3.8) is 0 Å². The molecule has 0 unspecified atom stereocenters. The molecule has 1 aromatic heterocycles. The maximum absolute atomic E-state index is 9.58. The van der Waals surface area contributed by atoms with Gasteiger partial charge >= 0.3 is 0 Å². The first-order valence-corrected chi connectivity index (χ1v) is 7.51. The van der Waals surface area contributed by atoms with Gasteiger partial charge in [0.2, 0.25) is 0 Å². The molecule has 0 amide bonds. The zero-order valence-electron chi connectivity index (χ0n) is 11.1. The highest BCUT2D eigenvalue weighted by Crippen LogP contribution is 2.42. The normalized spacial score (nSPS) is 32.1. The molecule has 6 heteroatoms. The third-order valence-electron chi connectivity index (χ3n) is 4.73. The van der Waals surface area contributed by atoms with Crippen molar-refractivity contribution in [2.45, 2.75) is 56.7 Å². The summed E-state index contributed by atoms with van der Waals surface area (Å²) in [7, 11) is 0. The summed E-state index contributed by atoms with van der Waals surface area (Å²) in [5.74, 6) is 1.86. The molecule has 1 aromatic rings. The molecule has 1 saturated heterocycles. The molecule has 2 atom stereocenters. The average molecular weight is 263 g/mol. The summed E-state index contributed by atoms with van der Waals surface area (Å²) in [5.41, 5.74) is 0. The summed E-state index contributed by atoms with van der Waals surface area (Å²) in [4.78, 5) is 2.46. The predicted molar refractivity (Wildman–Crippen MR) is 68.4 cm³/mol. The summed E-state index contributed by atoms with van der Waals surface area (Å²) in [6.45, 7) is 1.36. The van der Waals surface area contributed by atoms with Gasteiger partial charge in [0.05, 0.1) is 18.7 Å². The molecule has 3 fully saturated rings. The Hall–Kier alpha value is -1.01. The fourth-order valence-corrected chi connectivity index (χ4v) is 3.28. The van der Waals surface area contributed by atoms with Crippen LogP contribution in [-0.2, 0) is 0 Å². The molecular weight excluding hydrogens is 242 g/mol. The highest BCUT2D eigenvalue weighted by molar-refractivity contribution is 5.03. The van der Waals surface area contributed by atoms with Gasteiger partial charge in [-0.3, -0.25) is 4.90 Å². The minimum absolute atomic E-state index is 0.258. The first-order valence-electron chi connectivity index (χ1n) is 7.51. The number of aliphatic hydroxyl groups excluding tert-OH is 1. The van der Waals surface area contributed by atoms with Crippen molar-refractivity contribution in [3.05, 3.63) is 5.82 Å². The summed E-state index contributed by atoms with van der Waals surface area (Å²) in [6, 6.07) is 1.14. The van der Waals surface area contributed by atoms with Gasteiger partial charge in [-0.25, -0.2) is 4.68 Å². The minimum atomic E-state index is 0.258. The Kier molecular flexibility index (Phi) is 2.81. The molecule has 0 spiro atoms. The van der Waals surface area contributed by atoms with Gasteiger partial charge in [0.1, 0.15) is 0 Å².